The lowest BCUT2D eigenvalue weighted by Crippen LogP contribution is -2.56. The van der Waals surface area contributed by atoms with Gasteiger partial charge in [0.05, 0.1) is 0 Å². The summed E-state index contributed by atoms with van der Waals surface area (Å²) in [6, 6.07) is 0.677. The summed E-state index contributed by atoms with van der Waals surface area (Å²) < 4.78 is 0. The average Bonchev–Trinajstić information content (AvgIpc) is 2.16. The Morgan fingerprint density at radius 1 is 1.00 bits per heavy atom. The summed E-state index contributed by atoms with van der Waals surface area (Å²) in [5.41, 5.74) is 6.31. The van der Waals surface area contributed by atoms with Crippen LogP contribution in [-0.2, 0) is 0 Å². The Morgan fingerprint density at radius 2 is 1.47 bits per heavy atom. The second-order valence-electron chi connectivity index (χ2n) is 7.01. The second kappa shape index (κ2) is 5.25. The molecule has 17 heavy (non-hydrogen) atoms. The van der Waals surface area contributed by atoms with Gasteiger partial charge in [-0.3, -0.25) is 4.90 Å². The second-order valence-corrected chi connectivity index (χ2v) is 7.01. The van der Waals surface area contributed by atoms with Crippen molar-refractivity contribution in [1.82, 2.24) is 9.80 Å². The van der Waals surface area contributed by atoms with Crippen molar-refractivity contribution in [3.05, 3.63) is 0 Å². The molecule has 0 spiro atoms. The number of nitrogens with two attached hydrogens (primary N) is 1. The van der Waals surface area contributed by atoms with E-state index in [9.17, 15) is 0 Å². The Kier molecular flexibility index (Phi) is 4.61. The van der Waals surface area contributed by atoms with Crippen LogP contribution in [-0.4, -0.2) is 54.1 Å². The standard InChI is InChI=1S/C14H31N3/c1-12(2)17-9-7-16(8-10-17)11-13(3,4)14(5,6)15/h12H,7-11,15H2,1-6H3. The largest absolute Gasteiger partial charge is 0.325 e. The zero-order chi connectivity index (χ0) is 13.3. The highest BCUT2D eigenvalue weighted by atomic mass is 15.3. The van der Waals surface area contributed by atoms with E-state index < -0.39 is 0 Å². The van der Waals surface area contributed by atoms with Crippen LogP contribution in [0.25, 0.3) is 0 Å². The number of hydrogen-bond acceptors (Lipinski definition) is 3. The van der Waals surface area contributed by atoms with Crippen LogP contribution in [0.3, 0.4) is 0 Å². The van der Waals surface area contributed by atoms with Crippen LogP contribution < -0.4 is 5.73 Å². The van der Waals surface area contributed by atoms with E-state index in [-0.39, 0.29) is 11.0 Å². The topological polar surface area (TPSA) is 32.5 Å². The van der Waals surface area contributed by atoms with Gasteiger partial charge in [-0.1, -0.05) is 13.8 Å². The highest BCUT2D eigenvalue weighted by molar-refractivity contribution is 4.93. The molecule has 0 aromatic carbocycles. The highest BCUT2D eigenvalue weighted by Gasteiger charge is 2.35. The van der Waals surface area contributed by atoms with Gasteiger partial charge in [0.2, 0.25) is 0 Å². The van der Waals surface area contributed by atoms with Crippen LogP contribution in [0.15, 0.2) is 0 Å². The molecule has 3 nitrogen and oxygen atoms in total. The number of hydrogen-bond donors (Lipinski definition) is 1. The first-order valence-electron chi connectivity index (χ1n) is 6.89. The van der Waals surface area contributed by atoms with Crippen molar-refractivity contribution in [3.8, 4) is 0 Å². The average molecular weight is 241 g/mol. The van der Waals surface area contributed by atoms with Gasteiger partial charge in [-0.05, 0) is 33.1 Å². The molecule has 102 valence electrons. The number of piperazine rings is 1. The Morgan fingerprint density at radius 3 is 1.82 bits per heavy atom. The molecule has 0 bridgehead atoms. The molecule has 1 saturated heterocycles. The fourth-order valence-electron chi connectivity index (χ4n) is 2.20. The van der Waals surface area contributed by atoms with Gasteiger partial charge in [0.1, 0.15) is 0 Å². The highest BCUT2D eigenvalue weighted by Crippen LogP contribution is 2.29. The molecule has 1 heterocycles. The van der Waals surface area contributed by atoms with Crippen LogP contribution in [0.4, 0.5) is 0 Å². The van der Waals surface area contributed by atoms with Gasteiger partial charge < -0.3 is 10.6 Å². The third-order valence-electron chi connectivity index (χ3n) is 4.50. The smallest absolute Gasteiger partial charge is 0.0161 e. The first-order valence-corrected chi connectivity index (χ1v) is 6.89. The molecular formula is C14H31N3. The van der Waals surface area contributed by atoms with E-state index >= 15 is 0 Å². The molecule has 3 heteroatoms. The van der Waals surface area contributed by atoms with E-state index in [1.165, 1.54) is 26.2 Å². The van der Waals surface area contributed by atoms with Gasteiger partial charge in [-0.15, -0.1) is 0 Å². The van der Waals surface area contributed by atoms with Crippen molar-refractivity contribution in [2.24, 2.45) is 11.1 Å². The van der Waals surface area contributed by atoms with Crippen molar-refractivity contribution < 1.29 is 0 Å². The Labute approximate surface area is 107 Å². The molecule has 2 N–H and O–H groups in total. The predicted molar refractivity (Wildman–Crippen MR) is 75.2 cm³/mol. The zero-order valence-electron chi connectivity index (χ0n) is 12.6. The zero-order valence-corrected chi connectivity index (χ0v) is 12.6. The first-order chi connectivity index (χ1) is 7.63. The van der Waals surface area contributed by atoms with Crippen molar-refractivity contribution in [1.29, 1.82) is 0 Å². The normalized spacial score (nSPS) is 21.2. The predicted octanol–water partition coefficient (Wildman–Crippen LogP) is 1.78. The third-order valence-corrected chi connectivity index (χ3v) is 4.50. The van der Waals surface area contributed by atoms with Crippen molar-refractivity contribution in [2.45, 2.75) is 53.1 Å². The molecule has 0 atom stereocenters. The van der Waals surface area contributed by atoms with Gasteiger partial charge in [0.25, 0.3) is 0 Å². The van der Waals surface area contributed by atoms with Crippen molar-refractivity contribution in [3.63, 3.8) is 0 Å². The third kappa shape index (κ3) is 3.94. The van der Waals surface area contributed by atoms with Gasteiger partial charge in [-0.25, -0.2) is 0 Å². The van der Waals surface area contributed by atoms with E-state index in [1.807, 2.05) is 0 Å². The van der Waals surface area contributed by atoms with Crippen LogP contribution in [0.5, 0.6) is 0 Å². The molecule has 0 aliphatic carbocycles. The Bertz CT molecular complexity index is 232. The fraction of sp³-hybridized carbons (Fsp3) is 1.00. The summed E-state index contributed by atoms with van der Waals surface area (Å²) in [7, 11) is 0. The molecule has 1 rings (SSSR count). The molecule has 1 fully saturated rings. The quantitative estimate of drug-likeness (QED) is 0.814. The maximum Gasteiger partial charge on any atom is 0.0161 e. The lowest BCUT2D eigenvalue weighted by atomic mass is 9.75. The summed E-state index contributed by atoms with van der Waals surface area (Å²) in [6.45, 7) is 19.2. The van der Waals surface area contributed by atoms with Crippen LogP contribution in [0.1, 0.15) is 41.5 Å². The van der Waals surface area contributed by atoms with Crippen molar-refractivity contribution in [2.75, 3.05) is 32.7 Å². The van der Waals surface area contributed by atoms with Crippen LogP contribution in [0, 0.1) is 5.41 Å². The summed E-state index contributed by atoms with van der Waals surface area (Å²) in [6.07, 6.45) is 0. The van der Waals surface area contributed by atoms with Gasteiger partial charge in [0, 0.05) is 44.3 Å². The van der Waals surface area contributed by atoms with E-state index in [1.54, 1.807) is 0 Å². The lowest BCUT2D eigenvalue weighted by molar-refractivity contribution is 0.0573. The summed E-state index contributed by atoms with van der Waals surface area (Å²) in [5, 5.41) is 0. The van der Waals surface area contributed by atoms with E-state index in [4.69, 9.17) is 5.73 Å². The van der Waals surface area contributed by atoms with E-state index in [2.05, 4.69) is 51.3 Å². The number of nitrogens with zero attached hydrogens (tertiary/aromatic N) is 2. The number of rotatable bonds is 4. The SMILES string of the molecule is CC(C)N1CCN(CC(C)(C)C(C)(C)N)CC1. The van der Waals surface area contributed by atoms with Crippen LogP contribution in [0.2, 0.25) is 0 Å². The molecule has 0 unspecified atom stereocenters. The molecular weight excluding hydrogens is 210 g/mol. The minimum absolute atomic E-state index is 0.123. The van der Waals surface area contributed by atoms with E-state index in [0.29, 0.717) is 6.04 Å². The first kappa shape index (κ1) is 14.9. The minimum Gasteiger partial charge on any atom is -0.325 e. The lowest BCUT2D eigenvalue weighted by Gasteiger charge is -2.45. The Hall–Kier alpha value is -0.120. The molecule has 0 aromatic heterocycles. The summed E-state index contributed by atoms with van der Waals surface area (Å²) in [4.78, 5) is 5.12. The minimum atomic E-state index is -0.123. The molecule has 0 aromatic rings. The molecule has 1 aliphatic rings. The molecule has 0 saturated carbocycles. The van der Waals surface area contributed by atoms with Crippen molar-refractivity contribution >= 4 is 0 Å². The van der Waals surface area contributed by atoms with Gasteiger partial charge in [-0.2, -0.15) is 0 Å². The van der Waals surface area contributed by atoms with Gasteiger partial charge in [0.15, 0.2) is 0 Å². The fourth-order valence-corrected chi connectivity index (χ4v) is 2.20. The molecule has 1 aliphatic heterocycles. The molecule has 0 radical (unpaired) electrons. The maximum absolute atomic E-state index is 6.27. The maximum atomic E-state index is 6.27. The van der Waals surface area contributed by atoms with E-state index in [0.717, 1.165) is 6.54 Å². The summed E-state index contributed by atoms with van der Waals surface area (Å²) in [5.74, 6) is 0. The van der Waals surface area contributed by atoms with Crippen LogP contribution >= 0.6 is 0 Å². The molecule has 0 amide bonds. The van der Waals surface area contributed by atoms with Gasteiger partial charge >= 0.3 is 0 Å². The monoisotopic (exact) mass is 241 g/mol. The Balaban J connectivity index is 2.46. The summed E-state index contributed by atoms with van der Waals surface area (Å²) >= 11 is 0.